The largest absolute Gasteiger partial charge is 0.522 e. The summed E-state index contributed by atoms with van der Waals surface area (Å²) in [5.74, 6) is 1.62. The number of ether oxygens (including phenoxy) is 2. The lowest BCUT2D eigenvalue weighted by Gasteiger charge is -2.38. The number of alkyl carbamates (subject to hydrolysis) is 1. The van der Waals surface area contributed by atoms with Crippen molar-refractivity contribution in [1.82, 2.24) is 25.3 Å². The van der Waals surface area contributed by atoms with E-state index in [4.69, 9.17) is 4.74 Å². The Morgan fingerprint density at radius 2 is 1.92 bits per heavy atom. The number of hydrogen-bond acceptors (Lipinski definition) is 6. The van der Waals surface area contributed by atoms with Gasteiger partial charge in [-0.05, 0) is 61.8 Å². The van der Waals surface area contributed by atoms with Gasteiger partial charge in [-0.25, -0.2) is 4.79 Å². The lowest BCUT2D eigenvalue weighted by molar-refractivity contribution is -0.330. The van der Waals surface area contributed by atoms with Crippen LogP contribution in [-0.4, -0.2) is 50.5 Å². The number of anilines is 1. The molecule has 3 N–H and O–H groups in total. The number of carbonyl (C=O) groups is 2. The maximum absolute atomic E-state index is 12.7. The third-order valence-corrected chi connectivity index (χ3v) is 8.47. The van der Waals surface area contributed by atoms with Gasteiger partial charge in [0.15, 0.2) is 5.82 Å². The van der Waals surface area contributed by atoms with Gasteiger partial charge >= 0.3 is 12.5 Å². The molecule has 6 rings (SSSR count). The van der Waals surface area contributed by atoms with Gasteiger partial charge in [0.2, 0.25) is 0 Å². The average molecular weight is 539 g/mol. The fourth-order valence-electron chi connectivity index (χ4n) is 6.15. The van der Waals surface area contributed by atoms with Gasteiger partial charge < -0.3 is 15.4 Å². The number of aryl methyl sites for hydroxylation is 1. The molecule has 13 heteroatoms. The first-order valence-electron chi connectivity index (χ1n) is 13.0. The fourth-order valence-corrected chi connectivity index (χ4v) is 6.15. The van der Waals surface area contributed by atoms with E-state index in [1.807, 2.05) is 0 Å². The number of carbonyl (C=O) groups excluding carboxylic acids is 2. The van der Waals surface area contributed by atoms with Crippen molar-refractivity contribution in [2.24, 2.45) is 30.7 Å². The van der Waals surface area contributed by atoms with Crippen LogP contribution in [0.5, 0.6) is 0 Å². The molecular weight excluding hydrogens is 505 g/mol. The molecule has 3 unspecified atom stereocenters. The molecule has 4 aliphatic carbocycles. The Labute approximate surface area is 218 Å². The molecule has 0 aliphatic heterocycles. The minimum absolute atomic E-state index is 0.0250. The van der Waals surface area contributed by atoms with E-state index in [0.717, 1.165) is 24.5 Å². The number of nitrogens with zero attached hydrogens (tertiary/aromatic N) is 3. The highest BCUT2D eigenvalue weighted by atomic mass is 19.4. The van der Waals surface area contributed by atoms with Crippen molar-refractivity contribution in [2.75, 3.05) is 5.32 Å². The van der Waals surface area contributed by atoms with Crippen molar-refractivity contribution in [3.8, 4) is 0 Å². The standard InChI is InChI=1S/C25H33F3N6O4/c1-12-4-15(8-21(13(12)2)38-24(36)29-18-7-14-5-16(18)6-14)19-10-22(32-31-19)30-23(35)20-9-17(33-34(20)3)11-37-25(26,27)28/h9-10,12-16,18,21H,4-8,11H2,1-3H3,(H,29,36)(H2,30,31,32,35)/t12?,13?,14?,15-,16?,18?,21-/m0/s1. The predicted molar refractivity (Wildman–Crippen MR) is 129 cm³/mol. The van der Waals surface area contributed by atoms with Crippen LogP contribution in [0.1, 0.15) is 73.7 Å². The molecule has 2 heterocycles. The predicted octanol–water partition coefficient (Wildman–Crippen LogP) is 4.47. The summed E-state index contributed by atoms with van der Waals surface area (Å²) in [5.41, 5.74) is 0.853. The average Bonchev–Trinajstić information content (AvgIpc) is 3.58. The molecule has 5 atom stereocenters. The van der Waals surface area contributed by atoms with Crippen molar-refractivity contribution in [3.63, 3.8) is 0 Å². The molecule has 0 radical (unpaired) electrons. The third kappa shape index (κ3) is 5.82. The van der Waals surface area contributed by atoms with Gasteiger partial charge in [-0.1, -0.05) is 13.8 Å². The van der Waals surface area contributed by atoms with Crippen LogP contribution in [-0.2, 0) is 23.1 Å². The summed E-state index contributed by atoms with van der Waals surface area (Å²) in [6.45, 7) is 3.45. The number of nitrogens with one attached hydrogen (secondary N) is 3. The monoisotopic (exact) mass is 538 g/mol. The first-order chi connectivity index (χ1) is 17.9. The number of fused-ring (bicyclic) bond motifs is 1. The number of H-pyrrole nitrogens is 1. The van der Waals surface area contributed by atoms with Crippen LogP contribution in [0.3, 0.4) is 0 Å². The number of aromatic nitrogens is 4. The van der Waals surface area contributed by atoms with E-state index in [1.54, 1.807) is 6.07 Å². The molecule has 0 spiro atoms. The summed E-state index contributed by atoms with van der Waals surface area (Å²) in [5, 5.41) is 16.8. The lowest BCUT2D eigenvalue weighted by Crippen LogP contribution is -2.42. The highest BCUT2D eigenvalue weighted by Crippen LogP contribution is 2.48. The molecule has 208 valence electrons. The Morgan fingerprint density at radius 1 is 1.16 bits per heavy atom. The Kier molecular flexibility index (Phi) is 7.14. The van der Waals surface area contributed by atoms with E-state index in [-0.39, 0.29) is 47.3 Å². The first-order valence-corrected chi connectivity index (χ1v) is 13.0. The molecule has 2 aromatic heterocycles. The second-order valence-electron chi connectivity index (χ2n) is 11.1. The van der Waals surface area contributed by atoms with E-state index >= 15 is 0 Å². The van der Waals surface area contributed by atoms with Crippen LogP contribution in [0.25, 0.3) is 0 Å². The summed E-state index contributed by atoms with van der Waals surface area (Å²) in [4.78, 5) is 25.4. The van der Waals surface area contributed by atoms with E-state index in [1.165, 1.54) is 30.6 Å². The summed E-state index contributed by atoms with van der Waals surface area (Å²) in [6.07, 6.45) is -0.417. The van der Waals surface area contributed by atoms with Gasteiger partial charge in [-0.15, -0.1) is 13.2 Å². The second-order valence-corrected chi connectivity index (χ2v) is 11.1. The third-order valence-electron chi connectivity index (χ3n) is 8.47. The molecule has 4 saturated carbocycles. The SMILES string of the molecule is CC1C[C@H](c2cc(NC(=O)c3cc(COC(F)(F)F)nn3C)n[nH]2)C[C@H](OC(=O)NC2CC3CC2C3)C1C. The zero-order valence-corrected chi connectivity index (χ0v) is 21.5. The molecular formula is C25H33F3N6O4. The zero-order chi connectivity index (χ0) is 27.2. The summed E-state index contributed by atoms with van der Waals surface area (Å²) in [7, 11) is 1.46. The Morgan fingerprint density at radius 3 is 2.61 bits per heavy atom. The van der Waals surface area contributed by atoms with Gasteiger partial charge in [0.1, 0.15) is 18.4 Å². The summed E-state index contributed by atoms with van der Waals surface area (Å²) < 4.78 is 47.8. The highest BCUT2D eigenvalue weighted by molar-refractivity contribution is 6.02. The van der Waals surface area contributed by atoms with Crippen molar-refractivity contribution in [1.29, 1.82) is 0 Å². The van der Waals surface area contributed by atoms with Crippen molar-refractivity contribution >= 4 is 17.8 Å². The van der Waals surface area contributed by atoms with Crippen molar-refractivity contribution in [3.05, 3.63) is 29.2 Å². The molecule has 0 saturated heterocycles. The quantitative estimate of drug-likeness (QED) is 0.478. The topological polar surface area (TPSA) is 123 Å². The van der Waals surface area contributed by atoms with Crippen molar-refractivity contribution < 1.29 is 32.2 Å². The summed E-state index contributed by atoms with van der Waals surface area (Å²) >= 11 is 0. The smallest absolute Gasteiger partial charge is 0.446 e. The van der Waals surface area contributed by atoms with Gasteiger partial charge in [0, 0.05) is 30.8 Å². The van der Waals surface area contributed by atoms with Gasteiger partial charge in [0.05, 0.1) is 5.69 Å². The van der Waals surface area contributed by atoms with Crippen LogP contribution in [0.2, 0.25) is 0 Å². The molecule has 2 amide bonds. The lowest BCUT2D eigenvalue weighted by atomic mass is 9.73. The van der Waals surface area contributed by atoms with E-state index in [2.05, 4.69) is 44.5 Å². The first kappa shape index (κ1) is 26.5. The molecule has 4 aliphatic rings. The molecule has 2 bridgehead atoms. The van der Waals surface area contributed by atoms with Gasteiger partial charge in [-0.3, -0.25) is 19.3 Å². The number of alkyl halides is 3. The molecule has 4 fully saturated rings. The molecule has 10 nitrogen and oxygen atoms in total. The van der Waals surface area contributed by atoms with E-state index in [0.29, 0.717) is 18.3 Å². The number of halogens is 3. The van der Waals surface area contributed by atoms with Crippen LogP contribution in [0, 0.1) is 23.7 Å². The minimum Gasteiger partial charge on any atom is -0.446 e. The Bertz CT molecular complexity index is 1170. The Balaban J connectivity index is 1.18. The van der Waals surface area contributed by atoms with Gasteiger partial charge in [0.25, 0.3) is 5.91 Å². The van der Waals surface area contributed by atoms with Crippen LogP contribution >= 0.6 is 0 Å². The number of amides is 2. The summed E-state index contributed by atoms with van der Waals surface area (Å²) in [6, 6.07) is 3.20. The highest BCUT2D eigenvalue weighted by Gasteiger charge is 2.45. The number of rotatable bonds is 7. The second kappa shape index (κ2) is 10.2. The molecule has 0 aromatic carbocycles. The maximum atomic E-state index is 12.7. The fraction of sp³-hybridized carbons (Fsp3) is 0.680. The van der Waals surface area contributed by atoms with E-state index in [9.17, 15) is 22.8 Å². The zero-order valence-electron chi connectivity index (χ0n) is 21.5. The van der Waals surface area contributed by atoms with E-state index < -0.39 is 18.9 Å². The number of aromatic amines is 1. The minimum atomic E-state index is -4.79. The normalized spacial score (nSPS) is 30.5. The molecule has 38 heavy (non-hydrogen) atoms. The number of hydrogen-bond donors (Lipinski definition) is 3. The van der Waals surface area contributed by atoms with Crippen LogP contribution < -0.4 is 10.6 Å². The van der Waals surface area contributed by atoms with Crippen molar-refractivity contribution in [2.45, 2.75) is 77.0 Å². The van der Waals surface area contributed by atoms with Gasteiger partial charge in [-0.2, -0.15) is 10.2 Å². The van der Waals surface area contributed by atoms with Crippen LogP contribution in [0.4, 0.5) is 23.8 Å². The Hall–Kier alpha value is -3.09. The van der Waals surface area contributed by atoms with Crippen LogP contribution in [0.15, 0.2) is 12.1 Å². The molecule has 2 aromatic rings. The maximum Gasteiger partial charge on any atom is 0.522 e.